The summed E-state index contributed by atoms with van der Waals surface area (Å²) < 4.78 is 11.2. The van der Waals surface area contributed by atoms with Crippen LogP contribution in [0.3, 0.4) is 0 Å². The number of ketones is 1. The van der Waals surface area contributed by atoms with Crippen molar-refractivity contribution >= 4 is 21.7 Å². The van der Waals surface area contributed by atoms with Gasteiger partial charge in [0.2, 0.25) is 0 Å². The second-order valence-electron chi connectivity index (χ2n) is 4.38. The third kappa shape index (κ3) is 3.06. The largest absolute Gasteiger partial charge is 0.457 e. The number of carbonyl (C=O) groups is 1. The fourth-order valence-electron chi connectivity index (χ4n) is 1.91. The lowest BCUT2D eigenvalue weighted by Crippen LogP contribution is -2.00. The Morgan fingerprint density at radius 1 is 0.905 bits per heavy atom. The highest BCUT2D eigenvalue weighted by Crippen LogP contribution is 2.24. The highest BCUT2D eigenvalue weighted by Gasteiger charge is 2.14. The SMILES string of the molecule is O=C(c1ccc(Oc2ccccc2)cc1)c1ccoc1Br. The normalized spacial score (nSPS) is 10.3. The van der Waals surface area contributed by atoms with E-state index in [1.807, 2.05) is 30.3 Å². The van der Waals surface area contributed by atoms with E-state index in [4.69, 9.17) is 9.15 Å². The summed E-state index contributed by atoms with van der Waals surface area (Å²) in [5, 5.41) is 0. The summed E-state index contributed by atoms with van der Waals surface area (Å²) in [6, 6.07) is 18.2. The number of furan rings is 1. The van der Waals surface area contributed by atoms with Gasteiger partial charge < -0.3 is 9.15 Å². The molecule has 2 aromatic carbocycles. The fourth-order valence-corrected chi connectivity index (χ4v) is 2.33. The third-order valence-electron chi connectivity index (χ3n) is 2.96. The van der Waals surface area contributed by atoms with Crippen molar-refractivity contribution in [2.75, 3.05) is 0 Å². The number of halogens is 1. The van der Waals surface area contributed by atoms with Crippen molar-refractivity contribution in [1.29, 1.82) is 0 Å². The molecule has 3 aromatic rings. The Morgan fingerprint density at radius 2 is 1.57 bits per heavy atom. The van der Waals surface area contributed by atoms with E-state index in [0.717, 1.165) is 5.75 Å². The van der Waals surface area contributed by atoms with Crippen molar-refractivity contribution < 1.29 is 13.9 Å². The average molecular weight is 343 g/mol. The Kier molecular flexibility index (Phi) is 3.88. The van der Waals surface area contributed by atoms with Crippen molar-refractivity contribution in [3.63, 3.8) is 0 Å². The lowest BCUT2D eigenvalue weighted by molar-refractivity contribution is 0.103. The van der Waals surface area contributed by atoms with Crippen LogP contribution in [-0.2, 0) is 0 Å². The van der Waals surface area contributed by atoms with E-state index < -0.39 is 0 Å². The summed E-state index contributed by atoms with van der Waals surface area (Å²) in [6.45, 7) is 0. The molecule has 1 aromatic heterocycles. The molecule has 0 atom stereocenters. The summed E-state index contributed by atoms with van der Waals surface area (Å²) in [6.07, 6.45) is 1.48. The van der Waals surface area contributed by atoms with Crippen LogP contribution in [-0.4, -0.2) is 5.78 Å². The molecule has 0 saturated heterocycles. The summed E-state index contributed by atoms with van der Waals surface area (Å²) in [7, 11) is 0. The monoisotopic (exact) mass is 342 g/mol. The van der Waals surface area contributed by atoms with E-state index in [2.05, 4.69) is 15.9 Å². The van der Waals surface area contributed by atoms with Crippen molar-refractivity contribution in [3.8, 4) is 11.5 Å². The zero-order chi connectivity index (χ0) is 14.7. The molecule has 0 aliphatic rings. The molecule has 0 amide bonds. The van der Waals surface area contributed by atoms with Crippen LogP contribution >= 0.6 is 15.9 Å². The minimum atomic E-state index is -0.0955. The molecule has 0 aliphatic carbocycles. The molecular formula is C17H11BrO3. The number of carbonyl (C=O) groups excluding carboxylic acids is 1. The molecule has 0 unspecified atom stereocenters. The van der Waals surface area contributed by atoms with Gasteiger partial charge in [0.05, 0.1) is 11.8 Å². The summed E-state index contributed by atoms with van der Waals surface area (Å²) in [5.41, 5.74) is 1.09. The molecule has 3 nitrogen and oxygen atoms in total. The van der Waals surface area contributed by atoms with Gasteiger partial charge in [-0.15, -0.1) is 0 Å². The van der Waals surface area contributed by atoms with E-state index in [0.29, 0.717) is 21.5 Å². The first-order valence-corrected chi connectivity index (χ1v) is 7.14. The highest BCUT2D eigenvalue weighted by molar-refractivity contribution is 9.10. The zero-order valence-corrected chi connectivity index (χ0v) is 12.5. The van der Waals surface area contributed by atoms with Crippen LogP contribution < -0.4 is 4.74 Å². The Hall–Kier alpha value is -2.33. The highest BCUT2D eigenvalue weighted by atomic mass is 79.9. The van der Waals surface area contributed by atoms with Gasteiger partial charge in [-0.25, -0.2) is 0 Å². The van der Waals surface area contributed by atoms with Gasteiger partial charge in [-0.2, -0.15) is 0 Å². The molecule has 0 radical (unpaired) electrons. The summed E-state index contributed by atoms with van der Waals surface area (Å²) in [5.74, 6) is 1.35. The van der Waals surface area contributed by atoms with Gasteiger partial charge in [-0.3, -0.25) is 4.79 Å². The van der Waals surface area contributed by atoms with Crippen LogP contribution in [0.2, 0.25) is 0 Å². The number of ether oxygens (including phenoxy) is 1. The standard InChI is InChI=1S/C17H11BrO3/c18-17-15(10-11-20-17)16(19)12-6-8-14(9-7-12)21-13-4-2-1-3-5-13/h1-11H. The van der Waals surface area contributed by atoms with Gasteiger partial charge >= 0.3 is 0 Å². The molecular weight excluding hydrogens is 332 g/mol. The predicted molar refractivity (Wildman–Crippen MR) is 82.8 cm³/mol. The van der Waals surface area contributed by atoms with E-state index >= 15 is 0 Å². The molecule has 0 aliphatic heterocycles. The van der Waals surface area contributed by atoms with E-state index in [9.17, 15) is 4.79 Å². The third-order valence-corrected chi connectivity index (χ3v) is 3.57. The van der Waals surface area contributed by atoms with E-state index in [1.165, 1.54) is 6.26 Å². The fraction of sp³-hybridized carbons (Fsp3) is 0. The second kappa shape index (κ2) is 5.97. The van der Waals surface area contributed by atoms with E-state index in [-0.39, 0.29) is 5.78 Å². The lowest BCUT2D eigenvalue weighted by atomic mass is 10.1. The lowest BCUT2D eigenvalue weighted by Gasteiger charge is -2.06. The molecule has 0 spiro atoms. The Morgan fingerprint density at radius 3 is 2.19 bits per heavy atom. The number of hydrogen-bond acceptors (Lipinski definition) is 3. The van der Waals surface area contributed by atoms with Crippen LogP contribution in [0.25, 0.3) is 0 Å². The maximum Gasteiger partial charge on any atom is 0.197 e. The molecule has 3 rings (SSSR count). The topological polar surface area (TPSA) is 39.4 Å². The van der Waals surface area contributed by atoms with Crippen LogP contribution in [0.1, 0.15) is 15.9 Å². The number of hydrogen-bond donors (Lipinski definition) is 0. The van der Waals surface area contributed by atoms with Crippen molar-refractivity contribution in [3.05, 3.63) is 82.7 Å². The molecule has 0 bridgehead atoms. The first-order valence-electron chi connectivity index (χ1n) is 6.35. The van der Waals surface area contributed by atoms with Crippen LogP contribution in [0.15, 0.2) is 76.0 Å². The second-order valence-corrected chi connectivity index (χ2v) is 5.10. The van der Waals surface area contributed by atoms with Crippen LogP contribution in [0.4, 0.5) is 0 Å². The zero-order valence-electron chi connectivity index (χ0n) is 11.0. The Balaban J connectivity index is 1.78. The summed E-state index contributed by atoms with van der Waals surface area (Å²) >= 11 is 3.21. The Labute approximate surface area is 130 Å². The first-order chi connectivity index (χ1) is 10.2. The van der Waals surface area contributed by atoms with Gasteiger partial charge in [0, 0.05) is 5.56 Å². The van der Waals surface area contributed by atoms with Gasteiger partial charge in [0.1, 0.15) is 11.5 Å². The molecule has 4 heteroatoms. The summed E-state index contributed by atoms with van der Waals surface area (Å²) in [4.78, 5) is 12.3. The molecule has 0 fully saturated rings. The van der Waals surface area contributed by atoms with E-state index in [1.54, 1.807) is 30.3 Å². The van der Waals surface area contributed by atoms with Gasteiger partial charge in [-0.1, -0.05) is 18.2 Å². The van der Waals surface area contributed by atoms with Gasteiger partial charge in [0.25, 0.3) is 0 Å². The molecule has 1 heterocycles. The minimum Gasteiger partial charge on any atom is -0.457 e. The Bertz CT molecular complexity index is 745. The maximum absolute atomic E-state index is 12.3. The quantitative estimate of drug-likeness (QED) is 0.621. The number of benzene rings is 2. The average Bonchev–Trinajstić information content (AvgIpc) is 2.94. The smallest absolute Gasteiger partial charge is 0.197 e. The molecule has 21 heavy (non-hydrogen) atoms. The number of rotatable bonds is 4. The minimum absolute atomic E-state index is 0.0955. The van der Waals surface area contributed by atoms with Crippen LogP contribution in [0, 0.1) is 0 Å². The number of para-hydroxylation sites is 1. The van der Waals surface area contributed by atoms with Crippen molar-refractivity contribution in [2.45, 2.75) is 0 Å². The van der Waals surface area contributed by atoms with Crippen molar-refractivity contribution in [2.24, 2.45) is 0 Å². The first kappa shape index (κ1) is 13.6. The van der Waals surface area contributed by atoms with Crippen molar-refractivity contribution in [1.82, 2.24) is 0 Å². The van der Waals surface area contributed by atoms with Gasteiger partial charge in [0.15, 0.2) is 10.5 Å². The molecule has 0 saturated carbocycles. The predicted octanol–water partition coefficient (Wildman–Crippen LogP) is 5.07. The van der Waals surface area contributed by atoms with Crippen LogP contribution in [0.5, 0.6) is 11.5 Å². The van der Waals surface area contributed by atoms with Gasteiger partial charge in [-0.05, 0) is 58.4 Å². The molecule has 104 valence electrons. The maximum atomic E-state index is 12.3. The molecule has 0 N–H and O–H groups in total.